The van der Waals surface area contributed by atoms with Crippen LogP contribution in [0.25, 0.3) is 0 Å². The number of aromatic carboxylic acids is 1. The van der Waals surface area contributed by atoms with Crippen molar-refractivity contribution in [2.45, 2.75) is 26.3 Å². The Balaban J connectivity index is 1.98. The van der Waals surface area contributed by atoms with Crippen LogP contribution < -0.4 is 5.32 Å². The topological polar surface area (TPSA) is 62.5 Å². The van der Waals surface area contributed by atoms with Crippen LogP contribution in [0.2, 0.25) is 0 Å². The second-order valence-electron chi connectivity index (χ2n) is 4.38. The predicted molar refractivity (Wildman–Crippen MR) is 73.4 cm³/mol. The van der Waals surface area contributed by atoms with Crippen molar-refractivity contribution < 1.29 is 14.3 Å². The van der Waals surface area contributed by atoms with E-state index in [-0.39, 0.29) is 5.76 Å². The van der Waals surface area contributed by atoms with Gasteiger partial charge in [0.05, 0.1) is 6.26 Å². The third-order valence-corrected chi connectivity index (χ3v) is 2.92. The highest BCUT2D eigenvalue weighted by atomic mass is 16.4. The number of carbonyl (C=O) groups is 1. The first-order valence-electron chi connectivity index (χ1n) is 6.33. The summed E-state index contributed by atoms with van der Waals surface area (Å²) in [4.78, 5) is 10.9. The lowest BCUT2D eigenvalue weighted by Crippen LogP contribution is -2.04. The molecule has 0 spiro atoms. The van der Waals surface area contributed by atoms with Gasteiger partial charge in [0.15, 0.2) is 0 Å². The van der Waals surface area contributed by atoms with Crippen LogP contribution in [0.4, 0.5) is 5.69 Å². The highest BCUT2D eigenvalue weighted by Crippen LogP contribution is 2.15. The van der Waals surface area contributed by atoms with Gasteiger partial charge in [-0.1, -0.05) is 25.5 Å². The number of hydrogen-bond donors (Lipinski definition) is 2. The van der Waals surface area contributed by atoms with Crippen molar-refractivity contribution in [1.82, 2.24) is 0 Å². The molecule has 100 valence electrons. The van der Waals surface area contributed by atoms with Crippen LogP contribution in [0.15, 0.2) is 41.0 Å². The second-order valence-corrected chi connectivity index (χ2v) is 4.38. The maximum atomic E-state index is 10.9. The fourth-order valence-electron chi connectivity index (χ4n) is 1.94. The molecule has 1 aromatic carbocycles. The number of rotatable bonds is 6. The Bertz CT molecular complexity index is 543. The van der Waals surface area contributed by atoms with Crippen molar-refractivity contribution in [2.24, 2.45) is 0 Å². The van der Waals surface area contributed by atoms with Gasteiger partial charge in [0, 0.05) is 17.8 Å². The van der Waals surface area contributed by atoms with Crippen molar-refractivity contribution >= 4 is 11.7 Å². The number of hydrogen-bond acceptors (Lipinski definition) is 3. The van der Waals surface area contributed by atoms with E-state index >= 15 is 0 Å². The SMILES string of the molecule is CCCc1ccc(NCc2ccoc2C(=O)O)cc1. The number of furan rings is 1. The van der Waals surface area contributed by atoms with Crippen molar-refractivity contribution in [3.8, 4) is 0 Å². The quantitative estimate of drug-likeness (QED) is 0.832. The van der Waals surface area contributed by atoms with Crippen LogP contribution >= 0.6 is 0 Å². The molecule has 2 rings (SSSR count). The Morgan fingerprint density at radius 2 is 2.00 bits per heavy atom. The lowest BCUT2D eigenvalue weighted by molar-refractivity contribution is 0.0661. The van der Waals surface area contributed by atoms with Gasteiger partial charge < -0.3 is 14.8 Å². The van der Waals surface area contributed by atoms with Crippen molar-refractivity contribution in [2.75, 3.05) is 5.32 Å². The molecule has 2 aromatic rings. The van der Waals surface area contributed by atoms with Crippen LogP contribution in [-0.4, -0.2) is 11.1 Å². The van der Waals surface area contributed by atoms with E-state index in [2.05, 4.69) is 24.4 Å². The molecular weight excluding hydrogens is 242 g/mol. The van der Waals surface area contributed by atoms with E-state index in [1.165, 1.54) is 11.8 Å². The summed E-state index contributed by atoms with van der Waals surface area (Å²) in [7, 11) is 0. The molecule has 0 aliphatic rings. The number of carboxylic acid groups (broad SMARTS) is 1. The fourth-order valence-corrected chi connectivity index (χ4v) is 1.94. The van der Waals surface area contributed by atoms with Gasteiger partial charge in [0.25, 0.3) is 0 Å². The van der Waals surface area contributed by atoms with Gasteiger partial charge >= 0.3 is 5.97 Å². The monoisotopic (exact) mass is 259 g/mol. The first-order valence-corrected chi connectivity index (χ1v) is 6.33. The normalized spacial score (nSPS) is 10.4. The van der Waals surface area contributed by atoms with Gasteiger partial charge in [-0.25, -0.2) is 4.79 Å². The molecule has 2 N–H and O–H groups in total. The number of benzene rings is 1. The summed E-state index contributed by atoms with van der Waals surface area (Å²) in [6, 6.07) is 9.84. The highest BCUT2D eigenvalue weighted by molar-refractivity contribution is 5.86. The average Bonchev–Trinajstić information content (AvgIpc) is 2.87. The Morgan fingerprint density at radius 1 is 1.26 bits per heavy atom. The van der Waals surface area contributed by atoms with Crippen LogP contribution in [0.3, 0.4) is 0 Å². The third-order valence-electron chi connectivity index (χ3n) is 2.92. The number of aryl methyl sites for hydroxylation is 1. The van der Waals surface area contributed by atoms with E-state index in [0.717, 1.165) is 18.5 Å². The van der Waals surface area contributed by atoms with E-state index in [0.29, 0.717) is 12.1 Å². The molecule has 0 amide bonds. The minimum absolute atomic E-state index is 0.00453. The molecule has 0 unspecified atom stereocenters. The molecule has 4 nitrogen and oxygen atoms in total. The zero-order chi connectivity index (χ0) is 13.7. The molecular formula is C15H17NO3. The van der Waals surface area contributed by atoms with Gasteiger partial charge in [-0.05, 0) is 30.2 Å². The maximum Gasteiger partial charge on any atom is 0.372 e. The Kier molecular flexibility index (Phi) is 4.23. The molecule has 19 heavy (non-hydrogen) atoms. The molecule has 0 aliphatic heterocycles. The standard InChI is InChI=1S/C15H17NO3/c1-2-3-11-4-6-13(7-5-11)16-10-12-8-9-19-14(12)15(17)18/h4-9,16H,2-3,10H2,1H3,(H,17,18). The Morgan fingerprint density at radius 3 is 2.63 bits per heavy atom. The minimum Gasteiger partial charge on any atom is -0.475 e. The molecule has 0 saturated carbocycles. The number of nitrogens with one attached hydrogen (secondary N) is 1. The van der Waals surface area contributed by atoms with Gasteiger partial charge in [0.1, 0.15) is 0 Å². The summed E-state index contributed by atoms with van der Waals surface area (Å²) in [5, 5.41) is 12.1. The highest BCUT2D eigenvalue weighted by Gasteiger charge is 2.13. The zero-order valence-electron chi connectivity index (χ0n) is 10.8. The Labute approximate surface area is 112 Å². The molecule has 0 aliphatic carbocycles. The van der Waals surface area contributed by atoms with Gasteiger partial charge in [-0.15, -0.1) is 0 Å². The number of anilines is 1. The van der Waals surface area contributed by atoms with Crippen LogP contribution in [0.5, 0.6) is 0 Å². The minimum atomic E-state index is -1.04. The maximum absolute atomic E-state index is 10.9. The smallest absolute Gasteiger partial charge is 0.372 e. The molecule has 0 atom stereocenters. The average molecular weight is 259 g/mol. The largest absolute Gasteiger partial charge is 0.475 e. The van der Waals surface area contributed by atoms with Gasteiger partial charge in [0.2, 0.25) is 5.76 Å². The van der Waals surface area contributed by atoms with Gasteiger partial charge in [-0.2, -0.15) is 0 Å². The van der Waals surface area contributed by atoms with E-state index in [1.807, 2.05) is 12.1 Å². The summed E-state index contributed by atoms with van der Waals surface area (Å²) in [6.07, 6.45) is 3.60. The van der Waals surface area contributed by atoms with Crippen molar-refractivity contribution in [3.05, 3.63) is 53.5 Å². The van der Waals surface area contributed by atoms with Crippen molar-refractivity contribution in [3.63, 3.8) is 0 Å². The fraction of sp³-hybridized carbons (Fsp3) is 0.267. The molecule has 0 fully saturated rings. The van der Waals surface area contributed by atoms with Crippen molar-refractivity contribution in [1.29, 1.82) is 0 Å². The lowest BCUT2D eigenvalue weighted by atomic mass is 10.1. The first kappa shape index (κ1) is 13.2. The van der Waals surface area contributed by atoms with Gasteiger partial charge in [-0.3, -0.25) is 0 Å². The first-order chi connectivity index (χ1) is 9.20. The van der Waals surface area contributed by atoms with Crippen LogP contribution in [0.1, 0.15) is 35.0 Å². The second kappa shape index (κ2) is 6.09. The van der Waals surface area contributed by atoms with Crippen LogP contribution in [0, 0.1) is 0 Å². The molecule has 1 heterocycles. The van der Waals surface area contributed by atoms with E-state index < -0.39 is 5.97 Å². The van der Waals surface area contributed by atoms with E-state index in [1.54, 1.807) is 6.07 Å². The lowest BCUT2D eigenvalue weighted by Gasteiger charge is -2.06. The summed E-state index contributed by atoms with van der Waals surface area (Å²) >= 11 is 0. The summed E-state index contributed by atoms with van der Waals surface area (Å²) in [6.45, 7) is 2.59. The summed E-state index contributed by atoms with van der Waals surface area (Å²) in [5.74, 6) is -1.05. The molecule has 1 aromatic heterocycles. The van der Waals surface area contributed by atoms with E-state index in [4.69, 9.17) is 9.52 Å². The number of carboxylic acids is 1. The van der Waals surface area contributed by atoms with E-state index in [9.17, 15) is 4.79 Å². The third kappa shape index (κ3) is 3.37. The van der Waals surface area contributed by atoms with Crippen LogP contribution in [-0.2, 0) is 13.0 Å². The summed E-state index contributed by atoms with van der Waals surface area (Å²) < 4.78 is 4.93. The zero-order valence-corrected chi connectivity index (χ0v) is 10.8. The molecule has 0 radical (unpaired) electrons. The Hall–Kier alpha value is -2.23. The summed E-state index contributed by atoms with van der Waals surface area (Å²) in [5.41, 5.74) is 2.92. The molecule has 0 saturated heterocycles. The predicted octanol–water partition coefficient (Wildman–Crippen LogP) is 3.54. The molecule has 4 heteroatoms. The molecule has 0 bridgehead atoms.